The number of aliphatic hydroxyl groups is 1. The molecule has 1 aromatic heterocycles. The minimum absolute atomic E-state index is 0.0361. The molecule has 0 aliphatic heterocycles. The Morgan fingerprint density at radius 2 is 2.50 bits per heavy atom. The number of nitrogens with zero attached hydrogens (tertiary/aromatic N) is 2. The fourth-order valence-electron chi connectivity index (χ4n) is 0.654. The van der Waals surface area contributed by atoms with Gasteiger partial charge in [-0.15, -0.1) is 0 Å². The topological polar surface area (TPSA) is 55.1 Å². The van der Waals surface area contributed by atoms with E-state index in [4.69, 9.17) is 5.11 Å². The number of rotatable bonds is 2. The third-order valence-electron chi connectivity index (χ3n) is 1.13. The summed E-state index contributed by atoms with van der Waals surface area (Å²) in [5.74, 6) is 0. The van der Waals surface area contributed by atoms with Gasteiger partial charge in [0.1, 0.15) is 0 Å². The van der Waals surface area contributed by atoms with Gasteiger partial charge in [-0.3, -0.25) is 9.36 Å². The second kappa shape index (κ2) is 3.12. The predicted molar refractivity (Wildman–Crippen MR) is 35.6 cm³/mol. The molecule has 0 saturated carbocycles. The normalized spacial score (nSPS) is 9.70. The van der Waals surface area contributed by atoms with Gasteiger partial charge in [0.15, 0.2) is 0 Å². The van der Waals surface area contributed by atoms with Crippen LogP contribution in [-0.2, 0) is 6.54 Å². The van der Waals surface area contributed by atoms with E-state index in [-0.39, 0.29) is 12.2 Å². The van der Waals surface area contributed by atoms with Crippen molar-refractivity contribution in [3.05, 3.63) is 28.9 Å². The SMILES string of the molecule is O=c1ccncn1CCO. The maximum atomic E-state index is 10.8. The van der Waals surface area contributed by atoms with Crippen LogP contribution in [0.1, 0.15) is 0 Å². The molecule has 1 rings (SSSR count). The lowest BCUT2D eigenvalue weighted by Crippen LogP contribution is -2.20. The Bertz CT molecular complexity index is 256. The Kier molecular flexibility index (Phi) is 2.17. The first kappa shape index (κ1) is 6.95. The first-order chi connectivity index (χ1) is 4.84. The monoisotopic (exact) mass is 140 g/mol. The van der Waals surface area contributed by atoms with Crippen molar-refractivity contribution < 1.29 is 5.11 Å². The van der Waals surface area contributed by atoms with Crippen LogP contribution in [0.3, 0.4) is 0 Å². The fourth-order valence-corrected chi connectivity index (χ4v) is 0.654. The van der Waals surface area contributed by atoms with E-state index in [1.165, 1.54) is 23.2 Å². The van der Waals surface area contributed by atoms with Gasteiger partial charge in [0, 0.05) is 12.3 Å². The van der Waals surface area contributed by atoms with E-state index >= 15 is 0 Å². The standard InChI is InChI=1S/C6H8N2O2/c9-4-3-8-5-7-2-1-6(8)10/h1-2,5,9H,3-4H2. The molecule has 0 aromatic carbocycles. The zero-order valence-electron chi connectivity index (χ0n) is 5.40. The van der Waals surface area contributed by atoms with E-state index in [1.807, 2.05) is 0 Å². The largest absolute Gasteiger partial charge is 0.395 e. The van der Waals surface area contributed by atoms with Crippen molar-refractivity contribution in [1.29, 1.82) is 0 Å². The van der Waals surface area contributed by atoms with E-state index in [1.54, 1.807) is 0 Å². The summed E-state index contributed by atoms with van der Waals surface area (Å²) in [5.41, 5.74) is -0.135. The molecule has 0 saturated heterocycles. The van der Waals surface area contributed by atoms with Crippen LogP contribution in [0.5, 0.6) is 0 Å². The van der Waals surface area contributed by atoms with Crippen molar-refractivity contribution >= 4 is 0 Å². The first-order valence-electron chi connectivity index (χ1n) is 2.96. The average Bonchev–Trinajstić information content (AvgIpc) is 1.94. The van der Waals surface area contributed by atoms with Crippen LogP contribution in [0.4, 0.5) is 0 Å². The summed E-state index contributed by atoms with van der Waals surface area (Å²) in [4.78, 5) is 14.5. The highest BCUT2D eigenvalue weighted by Crippen LogP contribution is 1.74. The molecule has 54 valence electrons. The number of aliphatic hydroxyl groups excluding tert-OH is 1. The highest BCUT2D eigenvalue weighted by Gasteiger charge is 1.89. The van der Waals surface area contributed by atoms with E-state index in [0.717, 1.165) is 0 Å². The summed E-state index contributed by atoms with van der Waals surface area (Å²) in [5, 5.41) is 8.46. The van der Waals surface area contributed by atoms with Crippen LogP contribution in [0, 0.1) is 0 Å². The highest BCUT2D eigenvalue weighted by molar-refractivity contribution is 4.81. The van der Waals surface area contributed by atoms with Crippen LogP contribution in [0.2, 0.25) is 0 Å². The van der Waals surface area contributed by atoms with Crippen molar-refractivity contribution in [3.63, 3.8) is 0 Å². The van der Waals surface area contributed by atoms with Crippen LogP contribution in [0.25, 0.3) is 0 Å². The number of aromatic nitrogens is 2. The van der Waals surface area contributed by atoms with Gasteiger partial charge in [0.2, 0.25) is 0 Å². The van der Waals surface area contributed by atoms with Gasteiger partial charge in [-0.1, -0.05) is 0 Å². The van der Waals surface area contributed by atoms with Crippen molar-refractivity contribution in [2.24, 2.45) is 0 Å². The Morgan fingerprint density at radius 1 is 1.70 bits per heavy atom. The molecular weight excluding hydrogens is 132 g/mol. The Labute approximate surface area is 57.8 Å². The maximum Gasteiger partial charge on any atom is 0.253 e. The van der Waals surface area contributed by atoms with Gasteiger partial charge in [-0.2, -0.15) is 0 Å². The fraction of sp³-hybridized carbons (Fsp3) is 0.333. The van der Waals surface area contributed by atoms with Gasteiger partial charge in [-0.05, 0) is 0 Å². The van der Waals surface area contributed by atoms with Crippen LogP contribution in [-0.4, -0.2) is 21.3 Å². The lowest BCUT2D eigenvalue weighted by Gasteiger charge is -1.98. The Morgan fingerprint density at radius 3 is 3.10 bits per heavy atom. The summed E-state index contributed by atoms with van der Waals surface area (Å²) >= 11 is 0. The molecule has 0 atom stereocenters. The smallest absolute Gasteiger partial charge is 0.253 e. The first-order valence-corrected chi connectivity index (χ1v) is 2.96. The molecule has 0 aliphatic carbocycles. The molecule has 0 bridgehead atoms. The van der Waals surface area contributed by atoms with Crippen LogP contribution in [0.15, 0.2) is 23.4 Å². The van der Waals surface area contributed by atoms with Gasteiger partial charge < -0.3 is 5.11 Å². The molecule has 0 aliphatic rings. The van der Waals surface area contributed by atoms with Crippen molar-refractivity contribution in [1.82, 2.24) is 9.55 Å². The molecule has 10 heavy (non-hydrogen) atoms. The molecule has 1 aromatic rings. The third-order valence-corrected chi connectivity index (χ3v) is 1.13. The molecule has 0 amide bonds. The summed E-state index contributed by atoms with van der Waals surface area (Å²) in [6, 6.07) is 1.36. The molecule has 1 heterocycles. The number of hydrogen-bond acceptors (Lipinski definition) is 3. The quantitative estimate of drug-likeness (QED) is 0.587. The molecule has 0 fully saturated rings. The second-order valence-corrected chi connectivity index (χ2v) is 1.84. The molecule has 0 spiro atoms. The van der Waals surface area contributed by atoms with E-state index in [2.05, 4.69) is 4.98 Å². The van der Waals surface area contributed by atoms with Crippen molar-refractivity contribution in [2.75, 3.05) is 6.61 Å². The van der Waals surface area contributed by atoms with Gasteiger partial charge in [-0.25, -0.2) is 4.98 Å². The highest BCUT2D eigenvalue weighted by atomic mass is 16.3. The van der Waals surface area contributed by atoms with E-state index in [9.17, 15) is 4.79 Å². The lowest BCUT2D eigenvalue weighted by atomic mass is 10.6. The predicted octanol–water partition coefficient (Wildman–Crippen LogP) is -0.764. The van der Waals surface area contributed by atoms with Crippen LogP contribution >= 0.6 is 0 Å². The second-order valence-electron chi connectivity index (χ2n) is 1.84. The molecule has 4 nitrogen and oxygen atoms in total. The third kappa shape index (κ3) is 1.41. The summed E-state index contributed by atoms with van der Waals surface area (Å²) in [6.07, 6.45) is 2.83. The van der Waals surface area contributed by atoms with Crippen molar-refractivity contribution in [2.45, 2.75) is 6.54 Å². The summed E-state index contributed by atoms with van der Waals surface area (Å²) < 4.78 is 1.35. The molecule has 0 radical (unpaired) electrons. The maximum absolute atomic E-state index is 10.8. The molecular formula is C6H8N2O2. The van der Waals surface area contributed by atoms with E-state index in [0.29, 0.717) is 6.54 Å². The average molecular weight is 140 g/mol. The van der Waals surface area contributed by atoms with E-state index < -0.39 is 0 Å². The van der Waals surface area contributed by atoms with Crippen molar-refractivity contribution in [3.8, 4) is 0 Å². The minimum atomic E-state index is -0.135. The Hall–Kier alpha value is -1.16. The zero-order chi connectivity index (χ0) is 7.40. The molecule has 1 N–H and O–H groups in total. The lowest BCUT2D eigenvalue weighted by molar-refractivity contribution is 0.273. The van der Waals surface area contributed by atoms with Crippen LogP contribution < -0.4 is 5.56 Å². The Balaban J connectivity index is 2.92. The van der Waals surface area contributed by atoms with Gasteiger partial charge in [0.25, 0.3) is 5.56 Å². The van der Waals surface area contributed by atoms with Gasteiger partial charge in [0.05, 0.1) is 19.5 Å². The number of hydrogen-bond donors (Lipinski definition) is 1. The van der Waals surface area contributed by atoms with Gasteiger partial charge >= 0.3 is 0 Å². The molecule has 4 heteroatoms. The summed E-state index contributed by atoms with van der Waals surface area (Å²) in [6.45, 7) is 0.276. The minimum Gasteiger partial charge on any atom is -0.395 e. The molecule has 0 unspecified atom stereocenters. The zero-order valence-corrected chi connectivity index (χ0v) is 5.40. The summed E-state index contributed by atoms with van der Waals surface area (Å²) in [7, 11) is 0.